The molecule has 4 nitrogen and oxygen atoms in total. The first-order chi connectivity index (χ1) is 13.2. The minimum absolute atomic E-state index is 0.0460. The van der Waals surface area contributed by atoms with E-state index in [9.17, 15) is 4.79 Å². The van der Waals surface area contributed by atoms with Crippen LogP contribution in [-0.4, -0.2) is 27.9 Å². The van der Waals surface area contributed by atoms with Gasteiger partial charge in [-0.15, -0.1) is 23.1 Å². The molecule has 0 radical (unpaired) electrons. The molecule has 1 N–H and O–H groups in total. The fourth-order valence-corrected chi connectivity index (χ4v) is 6.05. The molecule has 27 heavy (non-hydrogen) atoms. The lowest BCUT2D eigenvalue weighted by Gasteiger charge is -2.03. The normalized spacial score (nSPS) is 11.3. The minimum atomic E-state index is -0.0460. The average molecular weight is 432 g/mol. The van der Waals surface area contributed by atoms with Crippen molar-refractivity contribution in [2.24, 2.45) is 0 Å². The first-order valence-corrected chi connectivity index (χ1v) is 12.3. The Morgan fingerprint density at radius 1 is 1.04 bits per heavy atom. The minimum Gasteiger partial charge on any atom is -0.302 e. The molecule has 0 aliphatic rings. The fourth-order valence-electron chi connectivity index (χ4n) is 2.71. The van der Waals surface area contributed by atoms with E-state index in [1.807, 2.05) is 30.5 Å². The van der Waals surface area contributed by atoms with Gasteiger partial charge >= 0.3 is 0 Å². The lowest BCUT2D eigenvalue weighted by molar-refractivity contribution is -0.115. The number of thioether (sulfide) groups is 2. The second kappa shape index (κ2) is 8.18. The molecule has 0 aliphatic carbocycles. The van der Waals surface area contributed by atoms with Crippen LogP contribution in [0.4, 0.5) is 5.13 Å². The van der Waals surface area contributed by atoms with Crippen LogP contribution in [0.25, 0.3) is 20.4 Å². The van der Waals surface area contributed by atoms with Gasteiger partial charge in [0.15, 0.2) is 9.47 Å². The maximum absolute atomic E-state index is 12.4. The molecule has 4 rings (SSSR count). The molecule has 0 bridgehead atoms. The number of benzene rings is 2. The van der Waals surface area contributed by atoms with Crippen molar-refractivity contribution in [3.8, 4) is 0 Å². The molecular formula is C19H17N3OS4. The van der Waals surface area contributed by atoms with E-state index < -0.39 is 0 Å². The van der Waals surface area contributed by atoms with Crippen LogP contribution < -0.4 is 5.32 Å². The smallest absolute Gasteiger partial charge is 0.230 e. The molecule has 2 aromatic carbocycles. The molecule has 0 fully saturated rings. The number of aromatic nitrogens is 2. The summed E-state index contributed by atoms with van der Waals surface area (Å²) in [6, 6.07) is 12.1. The van der Waals surface area contributed by atoms with Crippen molar-refractivity contribution in [1.82, 2.24) is 9.97 Å². The highest BCUT2D eigenvalue weighted by Gasteiger charge is 2.13. The van der Waals surface area contributed by atoms with Crippen molar-refractivity contribution in [3.05, 3.63) is 42.0 Å². The van der Waals surface area contributed by atoms with Crippen LogP contribution in [-0.2, 0) is 11.2 Å². The van der Waals surface area contributed by atoms with Gasteiger partial charge in [0.25, 0.3) is 0 Å². The van der Waals surface area contributed by atoms with E-state index >= 15 is 0 Å². The third-order valence-electron chi connectivity index (χ3n) is 3.91. The van der Waals surface area contributed by atoms with Gasteiger partial charge in [0.1, 0.15) is 0 Å². The Morgan fingerprint density at radius 2 is 1.74 bits per heavy atom. The number of carbonyl (C=O) groups excluding carboxylic acids is 1. The summed E-state index contributed by atoms with van der Waals surface area (Å²) in [5, 5.41) is 3.59. The quantitative estimate of drug-likeness (QED) is 0.384. The highest BCUT2D eigenvalue weighted by atomic mass is 32.2. The second-order valence-corrected chi connectivity index (χ2v) is 10.2. The van der Waals surface area contributed by atoms with Crippen LogP contribution in [0.5, 0.6) is 0 Å². The van der Waals surface area contributed by atoms with E-state index in [4.69, 9.17) is 0 Å². The number of carbonyl (C=O) groups is 1. The first kappa shape index (κ1) is 18.7. The largest absolute Gasteiger partial charge is 0.302 e. The Bertz CT molecular complexity index is 1100. The van der Waals surface area contributed by atoms with E-state index in [1.54, 1.807) is 34.9 Å². The summed E-state index contributed by atoms with van der Waals surface area (Å²) in [5.41, 5.74) is 2.90. The van der Waals surface area contributed by atoms with Gasteiger partial charge in [-0.2, -0.15) is 0 Å². The molecule has 2 heterocycles. The number of hydrogen-bond acceptors (Lipinski definition) is 7. The monoisotopic (exact) mass is 431 g/mol. The number of fused-ring (bicyclic) bond motifs is 3. The summed E-state index contributed by atoms with van der Waals surface area (Å²) in [6.45, 7) is 2.13. The maximum atomic E-state index is 12.4. The second-order valence-electron chi connectivity index (χ2n) is 5.77. The van der Waals surface area contributed by atoms with Crippen LogP contribution in [0.3, 0.4) is 0 Å². The number of anilines is 1. The fraction of sp³-hybridized carbons (Fsp3) is 0.211. The zero-order chi connectivity index (χ0) is 18.8. The standard InChI is InChI=1S/C19H17N3OS4/c1-3-25-12-6-4-11(5-7-12)10-15(23)22-18-20-13-8-9-14-17(16(13)26-18)27-19(21-14)24-2/h4-9H,3,10H2,1-2H3,(H,20,22,23). The van der Waals surface area contributed by atoms with Crippen LogP contribution in [0, 0.1) is 0 Å². The zero-order valence-electron chi connectivity index (χ0n) is 14.8. The van der Waals surface area contributed by atoms with E-state index in [1.165, 1.54) is 16.2 Å². The summed E-state index contributed by atoms with van der Waals surface area (Å²) in [5.74, 6) is 0.999. The number of nitrogens with zero attached hydrogens (tertiary/aromatic N) is 2. The Balaban J connectivity index is 1.51. The summed E-state index contributed by atoms with van der Waals surface area (Å²) in [7, 11) is 0. The Labute approximate surface area is 173 Å². The van der Waals surface area contributed by atoms with E-state index in [-0.39, 0.29) is 5.91 Å². The van der Waals surface area contributed by atoms with Crippen molar-refractivity contribution in [2.75, 3.05) is 17.3 Å². The molecule has 0 aliphatic heterocycles. The third kappa shape index (κ3) is 4.13. The highest BCUT2D eigenvalue weighted by molar-refractivity contribution is 8.00. The number of rotatable bonds is 6. The number of thiazole rings is 2. The summed E-state index contributed by atoms with van der Waals surface area (Å²) in [4.78, 5) is 22.8. The topological polar surface area (TPSA) is 54.9 Å². The number of amides is 1. The Kier molecular flexibility index (Phi) is 5.68. The van der Waals surface area contributed by atoms with E-state index in [0.717, 1.165) is 36.1 Å². The molecule has 0 unspecified atom stereocenters. The van der Waals surface area contributed by atoms with Gasteiger partial charge in [0.2, 0.25) is 5.91 Å². The van der Waals surface area contributed by atoms with Crippen LogP contribution in [0.2, 0.25) is 0 Å². The molecule has 4 aromatic rings. The van der Waals surface area contributed by atoms with Gasteiger partial charge in [-0.3, -0.25) is 4.79 Å². The molecule has 138 valence electrons. The van der Waals surface area contributed by atoms with Crippen molar-refractivity contribution in [1.29, 1.82) is 0 Å². The van der Waals surface area contributed by atoms with Gasteiger partial charge < -0.3 is 5.32 Å². The molecule has 0 saturated heterocycles. The summed E-state index contributed by atoms with van der Waals surface area (Å²) < 4.78 is 3.27. The zero-order valence-corrected chi connectivity index (χ0v) is 18.1. The lowest BCUT2D eigenvalue weighted by Crippen LogP contribution is -2.14. The first-order valence-electron chi connectivity index (χ1n) is 8.42. The molecule has 0 spiro atoms. The van der Waals surface area contributed by atoms with Gasteiger partial charge in [-0.25, -0.2) is 9.97 Å². The van der Waals surface area contributed by atoms with E-state index in [0.29, 0.717) is 11.6 Å². The number of hydrogen-bond donors (Lipinski definition) is 1. The lowest BCUT2D eigenvalue weighted by atomic mass is 10.1. The van der Waals surface area contributed by atoms with Crippen LogP contribution in [0.1, 0.15) is 12.5 Å². The molecular weight excluding hydrogens is 414 g/mol. The predicted molar refractivity (Wildman–Crippen MR) is 120 cm³/mol. The number of nitrogens with one attached hydrogen (secondary N) is 1. The van der Waals surface area contributed by atoms with Gasteiger partial charge in [0, 0.05) is 4.90 Å². The predicted octanol–water partition coefficient (Wildman–Crippen LogP) is 5.92. The third-order valence-corrected chi connectivity index (χ3v) is 8.01. The van der Waals surface area contributed by atoms with Gasteiger partial charge in [-0.05, 0) is 41.8 Å². The van der Waals surface area contributed by atoms with Crippen molar-refractivity contribution in [2.45, 2.75) is 22.6 Å². The molecule has 1 amide bonds. The van der Waals surface area contributed by atoms with Crippen molar-refractivity contribution in [3.63, 3.8) is 0 Å². The van der Waals surface area contributed by atoms with Crippen molar-refractivity contribution < 1.29 is 4.79 Å². The average Bonchev–Trinajstić information content (AvgIpc) is 3.26. The van der Waals surface area contributed by atoms with Gasteiger partial charge in [0.05, 0.1) is 26.9 Å². The highest BCUT2D eigenvalue weighted by Crippen LogP contribution is 2.38. The maximum Gasteiger partial charge on any atom is 0.230 e. The Hall–Kier alpha value is -1.61. The van der Waals surface area contributed by atoms with Crippen LogP contribution >= 0.6 is 46.2 Å². The molecule has 0 atom stereocenters. The molecule has 0 saturated carbocycles. The molecule has 8 heteroatoms. The summed E-state index contributed by atoms with van der Waals surface area (Å²) in [6.07, 6.45) is 2.38. The van der Waals surface area contributed by atoms with Gasteiger partial charge in [-0.1, -0.05) is 42.2 Å². The van der Waals surface area contributed by atoms with Crippen LogP contribution in [0.15, 0.2) is 45.6 Å². The molecule has 2 aromatic heterocycles. The summed E-state index contributed by atoms with van der Waals surface area (Å²) >= 11 is 6.63. The Morgan fingerprint density at radius 3 is 2.44 bits per heavy atom. The SMILES string of the molecule is CCSc1ccc(CC(=O)Nc2nc3ccc4nc(SC)sc4c3s2)cc1. The van der Waals surface area contributed by atoms with E-state index in [2.05, 4.69) is 34.3 Å². The van der Waals surface area contributed by atoms with Crippen molar-refractivity contribution >= 4 is 77.7 Å².